The van der Waals surface area contributed by atoms with Crippen molar-refractivity contribution in [3.05, 3.63) is 60.2 Å². The number of carbonyl (C=O) groups is 2. The van der Waals surface area contributed by atoms with Crippen LogP contribution in [0, 0.1) is 0 Å². The van der Waals surface area contributed by atoms with Crippen LogP contribution in [0.3, 0.4) is 0 Å². The highest BCUT2D eigenvalue weighted by Crippen LogP contribution is 2.19. The lowest BCUT2D eigenvalue weighted by atomic mass is 10.1. The predicted octanol–water partition coefficient (Wildman–Crippen LogP) is 2.42. The molecular weight excluding hydrogens is 348 g/mol. The van der Waals surface area contributed by atoms with Gasteiger partial charge in [-0.05, 0) is 36.4 Å². The van der Waals surface area contributed by atoms with Crippen LogP contribution in [0.5, 0.6) is 5.75 Å². The molecule has 2 heterocycles. The molecule has 0 fully saturated rings. The molecule has 8 nitrogen and oxygen atoms in total. The van der Waals surface area contributed by atoms with Gasteiger partial charge in [-0.3, -0.25) is 14.6 Å². The summed E-state index contributed by atoms with van der Waals surface area (Å²) in [7, 11) is 1.59. The van der Waals surface area contributed by atoms with E-state index in [2.05, 4.69) is 20.4 Å². The van der Waals surface area contributed by atoms with Crippen molar-refractivity contribution in [2.45, 2.75) is 19.4 Å². The number of amides is 1. The van der Waals surface area contributed by atoms with Gasteiger partial charge in [-0.15, -0.1) is 0 Å². The number of nitrogens with one attached hydrogen (secondary N) is 1. The Morgan fingerprint density at radius 3 is 2.67 bits per heavy atom. The fraction of sp³-hybridized carbons (Fsp3) is 0.211. The topological polar surface area (TPSA) is 107 Å². The molecule has 0 radical (unpaired) electrons. The number of ketones is 1. The second-order valence-corrected chi connectivity index (χ2v) is 5.68. The molecule has 0 aliphatic heterocycles. The molecular formula is C19H18N4O4. The average molecular weight is 366 g/mol. The van der Waals surface area contributed by atoms with Gasteiger partial charge in [-0.25, -0.2) is 0 Å². The number of hydrogen-bond acceptors (Lipinski definition) is 7. The average Bonchev–Trinajstić information content (AvgIpc) is 3.20. The van der Waals surface area contributed by atoms with E-state index < -0.39 is 0 Å². The number of benzene rings is 1. The van der Waals surface area contributed by atoms with Gasteiger partial charge in [0.05, 0.1) is 13.7 Å². The number of aromatic nitrogens is 3. The molecule has 0 saturated carbocycles. The lowest BCUT2D eigenvalue weighted by Crippen LogP contribution is -2.23. The molecule has 0 aliphatic carbocycles. The van der Waals surface area contributed by atoms with E-state index in [-0.39, 0.29) is 37.0 Å². The minimum Gasteiger partial charge on any atom is -0.497 e. The standard InChI is InChI=1S/C19H18N4O4/c1-26-15-6-4-13(5-7-15)19-22-18(27-23-19)12-21-17(25)9-8-16(24)14-3-2-10-20-11-14/h2-7,10-11H,8-9,12H2,1H3,(H,21,25). The number of carbonyl (C=O) groups excluding carboxylic acids is 2. The summed E-state index contributed by atoms with van der Waals surface area (Å²) in [6.07, 6.45) is 3.26. The molecule has 0 spiro atoms. The van der Waals surface area contributed by atoms with Crippen molar-refractivity contribution in [1.29, 1.82) is 0 Å². The summed E-state index contributed by atoms with van der Waals surface area (Å²) in [5.41, 5.74) is 1.27. The van der Waals surface area contributed by atoms with Gasteiger partial charge in [0.1, 0.15) is 5.75 Å². The molecule has 1 N–H and O–H groups in total. The lowest BCUT2D eigenvalue weighted by molar-refractivity contribution is -0.121. The van der Waals surface area contributed by atoms with Gasteiger partial charge >= 0.3 is 0 Å². The summed E-state index contributed by atoms with van der Waals surface area (Å²) < 4.78 is 10.2. The Balaban J connectivity index is 1.48. The van der Waals surface area contributed by atoms with Crippen molar-refractivity contribution >= 4 is 11.7 Å². The van der Waals surface area contributed by atoms with E-state index in [1.54, 1.807) is 37.6 Å². The molecule has 0 unspecified atom stereocenters. The number of pyridine rings is 1. The Labute approximate surface area is 155 Å². The molecule has 8 heteroatoms. The van der Waals surface area contributed by atoms with Crippen molar-refractivity contribution in [3.8, 4) is 17.1 Å². The number of methoxy groups -OCH3 is 1. The van der Waals surface area contributed by atoms with Gasteiger partial charge in [0.15, 0.2) is 5.78 Å². The summed E-state index contributed by atoms with van der Waals surface area (Å²) >= 11 is 0. The monoisotopic (exact) mass is 366 g/mol. The predicted molar refractivity (Wildman–Crippen MR) is 95.9 cm³/mol. The first kappa shape index (κ1) is 18.2. The SMILES string of the molecule is COc1ccc(-c2noc(CNC(=O)CCC(=O)c3cccnc3)n2)cc1. The molecule has 1 aromatic carbocycles. The lowest BCUT2D eigenvalue weighted by Gasteiger charge is -2.02. The zero-order valence-corrected chi connectivity index (χ0v) is 14.7. The molecule has 138 valence electrons. The number of nitrogens with zero attached hydrogens (tertiary/aromatic N) is 3. The molecule has 0 bridgehead atoms. The first-order valence-electron chi connectivity index (χ1n) is 8.32. The van der Waals surface area contributed by atoms with Crippen LogP contribution in [0.25, 0.3) is 11.4 Å². The Kier molecular flexibility index (Phi) is 5.88. The van der Waals surface area contributed by atoms with Crippen LogP contribution < -0.4 is 10.1 Å². The molecule has 3 rings (SSSR count). The first-order chi connectivity index (χ1) is 13.2. The third-order valence-electron chi connectivity index (χ3n) is 3.82. The van der Waals surface area contributed by atoms with Crippen LogP contribution in [0.15, 0.2) is 53.3 Å². The Hall–Kier alpha value is -3.55. The number of rotatable bonds is 8. The van der Waals surface area contributed by atoms with E-state index in [1.807, 2.05) is 12.1 Å². The zero-order chi connectivity index (χ0) is 19.1. The minimum absolute atomic E-state index is 0.0766. The summed E-state index contributed by atoms with van der Waals surface area (Å²) in [5, 5.41) is 6.56. The van der Waals surface area contributed by atoms with Gasteiger partial charge < -0.3 is 14.6 Å². The summed E-state index contributed by atoms with van der Waals surface area (Å²) in [5.74, 6) is 1.05. The van der Waals surface area contributed by atoms with Crippen LogP contribution >= 0.6 is 0 Å². The van der Waals surface area contributed by atoms with Crippen LogP contribution in [0.2, 0.25) is 0 Å². The van der Waals surface area contributed by atoms with Crippen molar-refractivity contribution in [2.75, 3.05) is 7.11 Å². The maximum atomic E-state index is 12.0. The van der Waals surface area contributed by atoms with E-state index in [0.717, 1.165) is 11.3 Å². The van der Waals surface area contributed by atoms with E-state index in [0.29, 0.717) is 11.4 Å². The van der Waals surface area contributed by atoms with Gasteiger partial charge in [0.2, 0.25) is 17.6 Å². The molecule has 0 aliphatic rings. The highest BCUT2D eigenvalue weighted by molar-refractivity contribution is 5.97. The third-order valence-corrected chi connectivity index (χ3v) is 3.82. The molecule has 3 aromatic rings. The fourth-order valence-corrected chi connectivity index (χ4v) is 2.35. The van der Waals surface area contributed by atoms with Gasteiger partial charge in [-0.1, -0.05) is 5.16 Å². The summed E-state index contributed by atoms with van der Waals surface area (Å²) in [6, 6.07) is 10.6. The normalized spacial score (nSPS) is 10.4. The van der Waals surface area contributed by atoms with Crippen molar-refractivity contribution < 1.29 is 18.8 Å². The van der Waals surface area contributed by atoms with Gasteiger partial charge in [0, 0.05) is 36.4 Å². The smallest absolute Gasteiger partial charge is 0.246 e. The molecule has 0 atom stereocenters. The van der Waals surface area contributed by atoms with Crippen molar-refractivity contribution in [3.63, 3.8) is 0 Å². The molecule has 27 heavy (non-hydrogen) atoms. The van der Waals surface area contributed by atoms with Gasteiger partial charge in [-0.2, -0.15) is 4.98 Å². The van der Waals surface area contributed by atoms with Crippen LogP contribution in [0.1, 0.15) is 29.1 Å². The Morgan fingerprint density at radius 2 is 1.96 bits per heavy atom. The van der Waals surface area contributed by atoms with E-state index in [4.69, 9.17) is 9.26 Å². The Bertz CT molecular complexity index is 907. The summed E-state index contributed by atoms with van der Waals surface area (Å²) in [4.78, 5) is 32.0. The maximum Gasteiger partial charge on any atom is 0.246 e. The van der Waals surface area contributed by atoms with Crippen LogP contribution in [-0.4, -0.2) is 33.9 Å². The molecule has 1 amide bonds. The highest BCUT2D eigenvalue weighted by Gasteiger charge is 2.12. The second kappa shape index (κ2) is 8.70. The van der Waals surface area contributed by atoms with E-state index >= 15 is 0 Å². The Morgan fingerprint density at radius 1 is 1.15 bits per heavy atom. The van der Waals surface area contributed by atoms with Crippen LogP contribution in [0.4, 0.5) is 0 Å². The number of ether oxygens (including phenoxy) is 1. The van der Waals surface area contributed by atoms with E-state index in [1.165, 1.54) is 6.20 Å². The first-order valence-corrected chi connectivity index (χ1v) is 8.32. The second-order valence-electron chi connectivity index (χ2n) is 5.68. The fourth-order valence-electron chi connectivity index (χ4n) is 2.35. The largest absolute Gasteiger partial charge is 0.497 e. The highest BCUT2D eigenvalue weighted by atomic mass is 16.5. The van der Waals surface area contributed by atoms with Crippen LogP contribution in [-0.2, 0) is 11.3 Å². The molecule has 0 saturated heterocycles. The zero-order valence-electron chi connectivity index (χ0n) is 14.7. The number of hydrogen-bond donors (Lipinski definition) is 1. The maximum absolute atomic E-state index is 12.0. The molecule has 2 aromatic heterocycles. The summed E-state index contributed by atoms with van der Waals surface area (Å²) in [6.45, 7) is 0.100. The van der Waals surface area contributed by atoms with Crippen molar-refractivity contribution in [2.24, 2.45) is 0 Å². The number of Topliss-reactive ketones (excluding diaryl/α,β-unsaturated/α-hetero) is 1. The van der Waals surface area contributed by atoms with Gasteiger partial charge in [0.25, 0.3) is 0 Å². The van der Waals surface area contributed by atoms with E-state index in [9.17, 15) is 9.59 Å². The minimum atomic E-state index is -0.267. The van der Waals surface area contributed by atoms with Crippen molar-refractivity contribution in [1.82, 2.24) is 20.4 Å². The quantitative estimate of drug-likeness (QED) is 0.610. The third kappa shape index (κ3) is 4.97.